The lowest BCUT2D eigenvalue weighted by Gasteiger charge is -2.44. The van der Waals surface area contributed by atoms with Crippen molar-refractivity contribution in [3.8, 4) is 23.0 Å². The minimum atomic E-state index is -0.425. The topological polar surface area (TPSA) is 105 Å². The van der Waals surface area contributed by atoms with E-state index in [0.717, 1.165) is 25.7 Å². The standard InChI is InChI=1S/C34H34N2O6/c1-33(2,24-4-12-29(13-5-24)41-31-16-8-27(9-17-31)35(37)38)25-20-22-34(3,23-21-25)26-6-14-30(15-7-26)42-32-18-10-28(11-19-32)36(39)40/h4-19,25H,20-23H2,1-3H3. The molecular weight excluding hydrogens is 532 g/mol. The first-order valence-corrected chi connectivity index (χ1v) is 14.1. The zero-order chi connectivity index (χ0) is 29.9. The van der Waals surface area contributed by atoms with Gasteiger partial charge in [-0.15, -0.1) is 0 Å². The summed E-state index contributed by atoms with van der Waals surface area (Å²) in [7, 11) is 0. The zero-order valence-corrected chi connectivity index (χ0v) is 24.0. The van der Waals surface area contributed by atoms with Crippen molar-refractivity contribution < 1.29 is 19.3 Å². The van der Waals surface area contributed by atoms with Crippen LogP contribution in [0.2, 0.25) is 0 Å². The van der Waals surface area contributed by atoms with E-state index in [-0.39, 0.29) is 22.2 Å². The molecule has 5 rings (SSSR count). The number of non-ortho nitro benzene ring substituents is 2. The van der Waals surface area contributed by atoms with Crippen LogP contribution in [0.3, 0.4) is 0 Å². The van der Waals surface area contributed by atoms with Crippen LogP contribution in [0.5, 0.6) is 23.0 Å². The van der Waals surface area contributed by atoms with Crippen LogP contribution in [-0.4, -0.2) is 9.85 Å². The molecule has 0 amide bonds. The highest BCUT2D eigenvalue weighted by atomic mass is 16.6. The molecule has 0 aliphatic heterocycles. The minimum absolute atomic E-state index is 0.00429. The van der Waals surface area contributed by atoms with Gasteiger partial charge >= 0.3 is 0 Å². The van der Waals surface area contributed by atoms with Gasteiger partial charge in [-0.1, -0.05) is 45.0 Å². The van der Waals surface area contributed by atoms with Crippen molar-refractivity contribution in [3.63, 3.8) is 0 Å². The molecule has 0 bridgehead atoms. The van der Waals surface area contributed by atoms with Gasteiger partial charge in [-0.25, -0.2) is 0 Å². The Kier molecular flexibility index (Phi) is 7.98. The van der Waals surface area contributed by atoms with Gasteiger partial charge in [0.1, 0.15) is 23.0 Å². The normalized spacial score (nSPS) is 18.7. The van der Waals surface area contributed by atoms with Crippen LogP contribution in [0.4, 0.5) is 11.4 Å². The van der Waals surface area contributed by atoms with Crippen LogP contribution in [-0.2, 0) is 10.8 Å². The molecular formula is C34H34N2O6. The molecule has 0 saturated heterocycles. The lowest BCUT2D eigenvalue weighted by atomic mass is 9.60. The average molecular weight is 567 g/mol. The monoisotopic (exact) mass is 566 g/mol. The number of hydrogen-bond acceptors (Lipinski definition) is 6. The van der Waals surface area contributed by atoms with Gasteiger partial charge in [-0.05, 0) is 102 Å². The minimum Gasteiger partial charge on any atom is -0.457 e. The third kappa shape index (κ3) is 6.28. The van der Waals surface area contributed by atoms with Gasteiger partial charge in [0, 0.05) is 24.3 Å². The molecule has 216 valence electrons. The van der Waals surface area contributed by atoms with Crippen LogP contribution >= 0.6 is 0 Å². The van der Waals surface area contributed by atoms with Gasteiger partial charge in [0.05, 0.1) is 9.85 Å². The van der Waals surface area contributed by atoms with E-state index in [4.69, 9.17) is 9.47 Å². The number of rotatable bonds is 9. The van der Waals surface area contributed by atoms with Gasteiger partial charge < -0.3 is 9.47 Å². The summed E-state index contributed by atoms with van der Waals surface area (Å²) in [5.74, 6) is 3.06. The zero-order valence-electron chi connectivity index (χ0n) is 24.0. The Hall–Kier alpha value is -4.72. The Morgan fingerprint density at radius 2 is 1.00 bits per heavy atom. The van der Waals surface area contributed by atoms with Crippen molar-refractivity contribution in [2.45, 2.75) is 57.3 Å². The molecule has 0 heterocycles. The molecule has 1 aliphatic carbocycles. The Morgan fingerprint density at radius 3 is 1.38 bits per heavy atom. The van der Waals surface area contributed by atoms with Crippen molar-refractivity contribution in [3.05, 3.63) is 128 Å². The smallest absolute Gasteiger partial charge is 0.269 e. The molecule has 8 nitrogen and oxygen atoms in total. The van der Waals surface area contributed by atoms with E-state index in [9.17, 15) is 20.2 Å². The SMILES string of the molecule is CC1(c2ccc(Oc3ccc([N+](=O)[O-])cc3)cc2)CCC(C(C)(C)c2ccc(Oc3ccc([N+](=O)[O-])cc3)cc2)CC1. The van der Waals surface area contributed by atoms with Crippen molar-refractivity contribution >= 4 is 11.4 Å². The highest BCUT2D eigenvalue weighted by Gasteiger charge is 2.39. The van der Waals surface area contributed by atoms with Crippen molar-refractivity contribution in [2.24, 2.45) is 5.92 Å². The van der Waals surface area contributed by atoms with E-state index in [0.29, 0.717) is 28.9 Å². The second-order valence-electron chi connectivity index (χ2n) is 11.8. The van der Waals surface area contributed by atoms with E-state index < -0.39 is 9.85 Å². The van der Waals surface area contributed by atoms with E-state index in [1.165, 1.54) is 35.4 Å². The summed E-state index contributed by atoms with van der Waals surface area (Å²) >= 11 is 0. The summed E-state index contributed by atoms with van der Waals surface area (Å²) in [6.45, 7) is 6.97. The van der Waals surface area contributed by atoms with Crippen LogP contribution in [0.15, 0.2) is 97.1 Å². The molecule has 0 unspecified atom stereocenters. The van der Waals surface area contributed by atoms with E-state index in [1.54, 1.807) is 24.3 Å². The number of nitrogens with zero attached hydrogens (tertiary/aromatic N) is 2. The van der Waals surface area contributed by atoms with E-state index in [2.05, 4.69) is 45.0 Å². The fraction of sp³-hybridized carbons (Fsp3) is 0.294. The van der Waals surface area contributed by atoms with Crippen molar-refractivity contribution in [1.29, 1.82) is 0 Å². The summed E-state index contributed by atoms with van der Waals surface area (Å²) in [6, 6.07) is 28.6. The van der Waals surface area contributed by atoms with Crippen LogP contribution in [0, 0.1) is 26.1 Å². The molecule has 1 aliphatic rings. The summed E-state index contributed by atoms with van der Waals surface area (Å²) in [5.41, 5.74) is 2.71. The third-order valence-corrected chi connectivity index (χ3v) is 8.83. The largest absolute Gasteiger partial charge is 0.457 e. The Morgan fingerprint density at radius 1 is 0.643 bits per heavy atom. The Balaban J connectivity index is 1.18. The van der Waals surface area contributed by atoms with Crippen LogP contribution in [0.25, 0.3) is 0 Å². The quantitative estimate of drug-likeness (QED) is 0.148. The second kappa shape index (κ2) is 11.6. The summed E-state index contributed by atoms with van der Waals surface area (Å²) in [5, 5.41) is 21.7. The van der Waals surface area contributed by atoms with E-state index >= 15 is 0 Å². The molecule has 0 radical (unpaired) electrons. The molecule has 0 atom stereocenters. The summed E-state index contributed by atoms with van der Waals surface area (Å²) in [4.78, 5) is 20.9. The molecule has 0 N–H and O–H groups in total. The van der Waals surface area contributed by atoms with Crippen LogP contribution < -0.4 is 9.47 Å². The molecule has 42 heavy (non-hydrogen) atoms. The number of nitro groups is 2. The molecule has 4 aromatic carbocycles. The van der Waals surface area contributed by atoms with Gasteiger partial charge in [-0.3, -0.25) is 20.2 Å². The maximum Gasteiger partial charge on any atom is 0.269 e. The molecule has 4 aromatic rings. The van der Waals surface area contributed by atoms with Gasteiger partial charge in [0.2, 0.25) is 0 Å². The third-order valence-electron chi connectivity index (χ3n) is 8.83. The first-order chi connectivity index (χ1) is 20.0. The summed E-state index contributed by atoms with van der Waals surface area (Å²) in [6.07, 6.45) is 4.41. The highest BCUT2D eigenvalue weighted by molar-refractivity contribution is 5.41. The van der Waals surface area contributed by atoms with Gasteiger partial charge in [-0.2, -0.15) is 0 Å². The average Bonchev–Trinajstić information content (AvgIpc) is 2.98. The van der Waals surface area contributed by atoms with Crippen LogP contribution in [0.1, 0.15) is 57.6 Å². The number of ether oxygens (including phenoxy) is 2. The maximum absolute atomic E-state index is 10.9. The number of hydrogen-bond donors (Lipinski definition) is 0. The predicted molar refractivity (Wildman–Crippen MR) is 162 cm³/mol. The molecule has 0 aromatic heterocycles. The predicted octanol–water partition coefficient (Wildman–Crippen LogP) is 9.51. The van der Waals surface area contributed by atoms with Crippen molar-refractivity contribution in [1.82, 2.24) is 0 Å². The first-order valence-electron chi connectivity index (χ1n) is 14.1. The highest BCUT2D eigenvalue weighted by Crippen LogP contribution is 2.48. The van der Waals surface area contributed by atoms with E-state index in [1.807, 2.05) is 24.3 Å². The maximum atomic E-state index is 10.9. The number of benzene rings is 4. The second-order valence-corrected chi connectivity index (χ2v) is 11.8. The lowest BCUT2D eigenvalue weighted by molar-refractivity contribution is -0.385. The fourth-order valence-corrected chi connectivity index (χ4v) is 5.92. The van der Waals surface area contributed by atoms with Gasteiger partial charge in [0.25, 0.3) is 11.4 Å². The molecule has 1 fully saturated rings. The van der Waals surface area contributed by atoms with Crippen molar-refractivity contribution in [2.75, 3.05) is 0 Å². The fourth-order valence-electron chi connectivity index (χ4n) is 5.92. The lowest BCUT2D eigenvalue weighted by Crippen LogP contribution is -2.36. The molecule has 1 saturated carbocycles. The first kappa shape index (κ1) is 28.8. The Labute approximate surface area is 245 Å². The van der Waals surface area contributed by atoms with Gasteiger partial charge in [0.15, 0.2) is 0 Å². The molecule has 8 heteroatoms. The Bertz CT molecular complexity index is 1540. The summed E-state index contributed by atoms with van der Waals surface area (Å²) < 4.78 is 11.8. The number of nitro benzene ring substituents is 2. The molecule has 0 spiro atoms.